The molecule has 4 aromatic rings. The summed E-state index contributed by atoms with van der Waals surface area (Å²) in [4.78, 5) is 12.5. The van der Waals surface area contributed by atoms with Crippen molar-refractivity contribution in [3.8, 4) is 11.8 Å². The van der Waals surface area contributed by atoms with E-state index in [1.54, 1.807) is 0 Å². The normalized spacial score (nSPS) is 15.7. The highest BCUT2D eigenvalue weighted by Crippen LogP contribution is 2.42. The van der Waals surface area contributed by atoms with Crippen LogP contribution in [0.1, 0.15) is 29.9 Å². The fourth-order valence-electron chi connectivity index (χ4n) is 4.38. The average Bonchev–Trinajstić information content (AvgIpc) is 3.11. The van der Waals surface area contributed by atoms with Crippen molar-refractivity contribution >= 4 is 21.8 Å². The minimum atomic E-state index is -0.722. The highest BCUT2D eigenvalue weighted by Gasteiger charge is 2.35. The number of allylic oxidation sites excluding steroid dienone is 1. The molecule has 0 fully saturated rings. The van der Waals surface area contributed by atoms with Crippen LogP contribution in [-0.4, -0.2) is 9.67 Å². The first-order valence-electron chi connectivity index (χ1n) is 9.93. The maximum atomic E-state index is 12.5. The van der Waals surface area contributed by atoms with E-state index in [-0.39, 0.29) is 28.7 Å². The van der Waals surface area contributed by atoms with Gasteiger partial charge in [-0.15, -0.1) is 0 Å². The van der Waals surface area contributed by atoms with Gasteiger partial charge in [-0.05, 0) is 24.6 Å². The number of rotatable bonds is 3. The molecule has 0 radical (unpaired) electrons. The Morgan fingerprint density at radius 2 is 1.94 bits per heavy atom. The number of nitrogens with zero attached hydrogens (tertiary/aromatic N) is 2. The minimum absolute atomic E-state index is 0.0603. The fraction of sp³-hybridized carbons (Fsp3) is 0.167. The molecule has 7 heteroatoms. The second kappa shape index (κ2) is 7.04. The van der Waals surface area contributed by atoms with Gasteiger partial charge in [-0.1, -0.05) is 30.3 Å². The van der Waals surface area contributed by atoms with Crippen molar-refractivity contribution in [3.63, 3.8) is 0 Å². The Morgan fingerprint density at radius 1 is 1.16 bits per heavy atom. The number of fused-ring (bicyclic) bond motifs is 4. The largest absolute Gasteiger partial charge is 0.458 e. The predicted molar refractivity (Wildman–Crippen MR) is 115 cm³/mol. The van der Waals surface area contributed by atoms with Gasteiger partial charge < -0.3 is 24.6 Å². The summed E-state index contributed by atoms with van der Waals surface area (Å²) in [5.41, 5.74) is 8.57. The molecule has 3 heterocycles. The number of hydrogen-bond donors (Lipinski definition) is 2. The van der Waals surface area contributed by atoms with Gasteiger partial charge in [-0.2, -0.15) is 5.26 Å². The maximum Gasteiger partial charge on any atom is 0.228 e. The zero-order valence-electron chi connectivity index (χ0n) is 16.8. The van der Waals surface area contributed by atoms with Crippen LogP contribution < -0.4 is 15.9 Å². The number of aliphatic hydroxyl groups excluding tert-OH is 1. The molecule has 0 spiro atoms. The van der Waals surface area contributed by atoms with Gasteiger partial charge in [0.05, 0.1) is 5.92 Å². The van der Waals surface area contributed by atoms with Crippen LogP contribution in [0.4, 0.5) is 0 Å². The third-order valence-corrected chi connectivity index (χ3v) is 5.73. The van der Waals surface area contributed by atoms with E-state index in [1.807, 2.05) is 30.3 Å². The van der Waals surface area contributed by atoms with Gasteiger partial charge in [0, 0.05) is 34.4 Å². The van der Waals surface area contributed by atoms with E-state index in [4.69, 9.17) is 14.9 Å². The maximum absolute atomic E-state index is 12.5. The summed E-state index contributed by atoms with van der Waals surface area (Å²) in [6.45, 7) is 2.40. The standard InChI is InChI=1S/C24H19N3O4/c1-2-27-18-6-4-3-5-15(18)16-8-7-13(9-19(16)27)21-17(11-25)24(26)31-22-20(29)10-14(12-28)30-23(21)22/h3-10,21,28H,2,12,26H2,1H3/t21-/m0/s1. The van der Waals surface area contributed by atoms with Crippen LogP contribution in [0.3, 0.4) is 0 Å². The Bertz CT molecular complexity index is 1490. The van der Waals surface area contributed by atoms with Gasteiger partial charge in [-0.3, -0.25) is 4.79 Å². The van der Waals surface area contributed by atoms with E-state index in [1.165, 1.54) is 6.07 Å². The van der Waals surface area contributed by atoms with Crippen LogP contribution in [-0.2, 0) is 13.2 Å². The van der Waals surface area contributed by atoms with Crippen LogP contribution >= 0.6 is 0 Å². The summed E-state index contributed by atoms with van der Waals surface area (Å²) in [7, 11) is 0. The molecule has 3 N–H and O–H groups in total. The van der Waals surface area contributed by atoms with Crippen LogP contribution in [0.2, 0.25) is 0 Å². The number of hydrogen-bond acceptors (Lipinski definition) is 6. The van der Waals surface area contributed by atoms with Gasteiger partial charge >= 0.3 is 0 Å². The summed E-state index contributed by atoms with van der Waals surface area (Å²) in [6.07, 6.45) is 0. The van der Waals surface area contributed by atoms with E-state index >= 15 is 0 Å². The Balaban J connectivity index is 1.81. The Labute approximate surface area is 177 Å². The molecule has 2 aromatic carbocycles. The molecule has 7 nitrogen and oxygen atoms in total. The van der Waals surface area contributed by atoms with Crippen molar-refractivity contribution in [1.29, 1.82) is 5.26 Å². The molecular weight excluding hydrogens is 394 g/mol. The van der Waals surface area contributed by atoms with E-state index < -0.39 is 18.0 Å². The third kappa shape index (κ3) is 2.73. The summed E-state index contributed by atoms with van der Waals surface area (Å²) < 4.78 is 13.4. The average molecular weight is 413 g/mol. The lowest BCUT2D eigenvalue weighted by Gasteiger charge is -2.25. The molecule has 1 aliphatic rings. The van der Waals surface area contributed by atoms with Gasteiger partial charge in [0.1, 0.15) is 24.0 Å². The number of ether oxygens (including phenoxy) is 1. The number of aliphatic hydroxyl groups is 1. The van der Waals surface area contributed by atoms with Gasteiger partial charge in [0.15, 0.2) is 5.76 Å². The second-order valence-electron chi connectivity index (χ2n) is 7.39. The lowest BCUT2D eigenvalue weighted by Crippen LogP contribution is -2.25. The molecule has 2 aromatic heterocycles. The number of para-hydroxylation sites is 1. The molecule has 0 saturated carbocycles. The number of aromatic nitrogens is 1. The molecule has 154 valence electrons. The molecule has 0 saturated heterocycles. The van der Waals surface area contributed by atoms with Crippen LogP contribution in [0, 0.1) is 11.3 Å². The molecule has 31 heavy (non-hydrogen) atoms. The Hall–Kier alpha value is -4.02. The topological polar surface area (TPSA) is 114 Å². The monoisotopic (exact) mass is 413 g/mol. The molecule has 5 rings (SSSR count). The molecule has 0 unspecified atom stereocenters. The number of nitriles is 1. The first-order valence-corrected chi connectivity index (χ1v) is 9.93. The zero-order valence-corrected chi connectivity index (χ0v) is 16.8. The Kier molecular flexibility index (Phi) is 4.31. The van der Waals surface area contributed by atoms with Crippen LogP contribution in [0.5, 0.6) is 5.75 Å². The summed E-state index contributed by atoms with van der Waals surface area (Å²) >= 11 is 0. The molecule has 0 amide bonds. The van der Waals surface area contributed by atoms with Crippen molar-refractivity contribution in [3.05, 3.63) is 87.3 Å². The van der Waals surface area contributed by atoms with Gasteiger partial charge in [0.25, 0.3) is 0 Å². The van der Waals surface area contributed by atoms with E-state index in [2.05, 4.69) is 29.7 Å². The van der Waals surface area contributed by atoms with Crippen molar-refractivity contribution < 1.29 is 14.3 Å². The minimum Gasteiger partial charge on any atom is -0.458 e. The zero-order chi connectivity index (χ0) is 21.7. The number of nitrogens with two attached hydrogens (primary N) is 1. The second-order valence-corrected chi connectivity index (χ2v) is 7.39. The predicted octanol–water partition coefficient (Wildman–Crippen LogP) is 3.48. The molecule has 1 aliphatic heterocycles. The van der Waals surface area contributed by atoms with Crippen molar-refractivity contribution in [2.75, 3.05) is 0 Å². The summed E-state index contributed by atoms with van der Waals surface area (Å²) in [5, 5.41) is 21.5. The SMILES string of the molecule is CCn1c2ccccc2c2ccc([C@H]3C(C#N)=C(N)Oc4c3oc(CO)cc4=O)cc21. The number of benzene rings is 2. The number of aryl methyl sites for hydroxylation is 1. The lowest BCUT2D eigenvalue weighted by molar-refractivity contribution is 0.231. The first kappa shape index (κ1) is 19.0. The molecule has 0 bridgehead atoms. The quantitative estimate of drug-likeness (QED) is 0.531. The smallest absolute Gasteiger partial charge is 0.228 e. The Morgan fingerprint density at radius 3 is 2.68 bits per heavy atom. The van der Waals surface area contributed by atoms with Crippen LogP contribution in [0.25, 0.3) is 21.8 Å². The fourth-order valence-corrected chi connectivity index (χ4v) is 4.38. The highest BCUT2D eigenvalue weighted by molar-refractivity contribution is 6.08. The highest BCUT2D eigenvalue weighted by atomic mass is 16.5. The van der Waals surface area contributed by atoms with Crippen molar-refractivity contribution in [2.45, 2.75) is 26.0 Å². The van der Waals surface area contributed by atoms with E-state index in [9.17, 15) is 15.2 Å². The molecule has 1 atom stereocenters. The summed E-state index contributed by atoms with van der Waals surface area (Å²) in [5.74, 6) is -0.643. The molecular formula is C24H19N3O4. The van der Waals surface area contributed by atoms with Crippen molar-refractivity contribution in [1.82, 2.24) is 4.57 Å². The van der Waals surface area contributed by atoms with Crippen molar-refractivity contribution in [2.24, 2.45) is 5.73 Å². The van der Waals surface area contributed by atoms with Crippen LogP contribution in [0.15, 0.2) is 69.2 Å². The lowest BCUT2D eigenvalue weighted by atomic mass is 9.87. The first-order chi connectivity index (χ1) is 15.1. The van der Waals surface area contributed by atoms with E-state index in [0.717, 1.165) is 33.9 Å². The molecule has 0 aliphatic carbocycles. The van der Waals surface area contributed by atoms with Gasteiger partial charge in [-0.25, -0.2) is 0 Å². The van der Waals surface area contributed by atoms with Gasteiger partial charge in [0.2, 0.25) is 17.1 Å². The summed E-state index contributed by atoms with van der Waals surface area (Å²) in [6, 6.07) is 17.3. The van der Waals surface area contributed by atoms with E-state index in [0.29, 0.717) is 0 Å². The third-order valence-electron chi connectivity index (χ3n) is 5.73.